The highest BCUT2D eigenvalue weighted by molar-refractivity contribution is 6.03. The summed E-state index contributed by atoms with van der Waals surface area (Å²) in [5.41, 5.74) is 0.674. The van der Waals surface area contributed by atoms with Gasteiger partial charge in [-0.2, -0.15) is 0 Å². The van der Waals surface area contributed by atoms with E-state index in [9.17, 15) is 9.59 Å². The minimum Gasteiger partial charge on any atom is -0.325 e. The molecular weight excluding hydrogens is 240 g/mol. The van der Waals surface area contributed by atoms with Crippen LogP contribution >= 0.6 is 0 Å². The Labute approximate surface area is 111 Å². The fourth-order valence-electron chi connectivity index (χ4n) is 2.40. The first-order valence-corrected chi connectivity index (χ1v) is 6.47. The zero-order chi connectivity index (χ0) is 13.6. The van der Waals surface area contributed by atoms with Gasteiger partial charge in [-0.1, -0.05) is 13.0 Å². The highest BCUT2D eigenvalue weighted by Gasteiger charge is 2.39. The van der Waals surface area contributed by atoms with Crippen molar-refractivity contribution in [3.05, 3.63) is 40.8 Å². The molecule has 2 aromatic rings. The van der Waals surface area contributed by atoms with Crippen LogP contribution in [0.3, 0.4) is 0 Å². The molecule has 3 rings (SSSR count). The van der Waals surface area contributed by atoms with Crippen molar-refractivity contribution >= 4 is 22.4 Å². The number of aromatic nitrogens is 1. The number of anilines is 1. The van der Waals surface area contributed by atoms with E-state index in [0.717, 1.165) is 17.5 Å². The van der Waals surface area contributed by atoms with Crippen molar-refractivity contribution in [2.75, 3.05) is 5.32 Å². The van der Waals surface area contributed by atoms with Crippen molar-refractivity contribution in [2.24, 2.45) is 18.9 Å². The maximum Gasteiger partial charge on any atom is 0.258 e. The first kappa shape index (κ1) is 12.0. The van der Waals surface area contributed by atoms with E-state index in [1.807, 2.05) is 12.1 Å². The Morgan fingerprint density at radius 2 is 2.05 bits per heavy atom. The number of hydrogen-bond donors (Lipinski definition) is 1. The lowest BCUT2D eigenvalue weighted by Gasteiger charge is -2.09. The van der Waals surface area contributed by atoms with E-state index < -0.39 is 0 Å². The van der Waals surface area contributed by atoms with Gasteiger partial charge in [0.15, 0.2) is 0 Å². The molecule has 1 fully saturated rings. The number of fused-ring (bicyclic) bond motifs is 1. The van der Waals surface area contributed by atoms with Crippen molar-refractivity contribution < 1.29 is 4.79 Å². The van der Waals surface area contributed by atoms with Crippen LogP contribution in [0.4, 0.5) is 5.69 Å². The predicted octanol–water partition coefficient (Wildman–Crippen LogP) is 2.13. The third kappa shape index (κ3) is 2.03. The van der Waals surface area contributed by atoms with Crippen LogP contribution in [0.2, 0.25) is 0 Å². The normalized spacial score (nSPS) is 21.4. The maximum absolute atomic E-state index is 12.0. The van der Waals surface area contributed by atoms with Gasteiger partial charge in [0.05, 0.1) is 0 Å². The summed E-state index contributed by atoms with van der Waals surface area (Å²) in [6.45, 7) is 2.07. The number of carbonyl (C=O) groups excluding carboxylic acids is 1. The highest BCUT2D eigenvalue weighted by Crippen LogP contribution is 2.38. The van der Waals surface area contributed by atoms with E-state index >= 15 is 0 Å². The molecule has 0 unspecified atom stereocenters. The zero-order valence-electron chi connectivity index (χ0n) is 11.0. The summed E-state index contributed by atoms with van der Waals surface area (Å²) < 4.78 is 1.54. The maximum atomic E-state index is 12.0. The second-order valence-electron chi connectivity index (χ2n) is 5.31. The van der Waals surface area contributed by atoms with Gasteiger partial charge >= 0.3 is 0 Å². The lowest BCUT2D eigenvalue weighted by molar-refractivity contribution is -0.117. The molecule has 1 amide bonds. The van der Waals surface area contributed by atoms with Crippen LogP contribution in [0.5, 0.6) is 0 Å². The molecule has 0 radical (unpaired) electrons. The van der Waals surface area contributed by atoms with E-state index in [-0.39, 0.29) is 17.4 Å². The van der Waals surface area contributed by atoms with Crippen LogP contribution in [-0.4, -0.2) is 10.5 Å². The summed E-state index contributed by atoms with van der Waals surface area (Å²) in [5.74, 6) is 0.658. The fraction of sp³-hybridized carbons (Fsp3) is 0.333. The molecule has 1 aromatic heterocycles. The fourth-order valence-corrected chi connectivity index (χ4v) is 2.40. The van der Waals surface area contributed by atoms with Crippen molar-refractivity contribution in [1.29, 1.82) is 0 Å². The average Bonchev–Trinajstić information content (AvgIpc) is 3.12. The Hall–Kier alpha value is -2.10. The Balaban J connectivity index is 2.02. The third-order valence-corrected chi connectivity index (χ3v) is 3.83. The molecule has 4 heteroatoms. The number of nitrogens with one attached hydrogen (secondary N) is 1. The lowest BCUT2D eigenvalue weighted by Crippen LogP contribution is -2.18. The number of nitrogens with zero attached hydrogens (tertiary/aromatic N) is 1. The summed E-state index contributed by atoms with van der Waals surface area (Å²) >= 11 is 0. The molecule has 1 heterocycles. The van der Waals surface area contributed by atoms with Crippen molar-refractivity contribution in [1.82, 2.24) is 4.57 Å². The number of hydrogen-bond acceptors (Lipinski definition) is 2. The molecule has 1 aromatic carbocycles. The molecule has 98 valence electrons. The second kappa shape index (κ2) is 4.23. The van der Waals surface area contributed by atoms with Gasteiger partial charge in [0.2, 0.25) is 5.91 Å². The molecule has 1 saturated carbocycles. The van der Waals surface area contributed by atoms with Gasteiger partial charge in [0, 0.05) is 35.6 Å². The second-order valence-corrected chi connectivity index (χ2v) is 5.31. The van der Waals surface area contributed by atoms with Crippen LogP contribution in [0.25, 0.3) is 10.8 Å². The van der Waals surface area contributed by atoms with Crippen molar-refractivity contribution in [3.63, 3.8) is 0 Å². The van der Waals surface area contributed by atoms with Crippen molar-refractivity contribution in [3.8, 4) is 0 Å². The quantitative estimate of drug-likeness (QED) is 0.895. The van der Waals surface area contributed by atoms with Gasteiger partial charge in [0.1, 0.15) is 0 Å². The van der Waals surface area contributed by atoms with Crippen LogP contribution < -0.4 is 10.9 Å². The number of benzene rings is 1. The molecular formula is C15H16N2O2. The van der Waals surface area contributed by atoms with Gasteiger partial charge in [-0.15, -0.1) is 0 Å². The molecule has 19 heavy (non-hydrogen) atoms. The number of aryl methyl sites for hydroxylation is 1. The first-order chi connectivity index (χ1) is 9.08. The zero-order valence-corrected chi connectivity index (χ0v) is 11.0. The minimum atomic E-state index is -0.0478. The smallest absolute Gasteiger partial charge is 0.258 e. The summed E-state index contributed by atoms with van der Waals surface area (Å²) in [4.78, 5) is 24.0. The van der Waals surface area contributed by atoms with Gasteiger partial charge < -0.3 is 9.88 Å². The summed E-state index contributed by atoms with van der Waals surface area (Å²) in [6.07, 6.45) is 2.68. The number of pyridine rings is 1. The monoisotopic (exact) mass is 256 g/mol. The Morgan fingerprint density at radius 1 is 1.32 bits per heavy atom. The molecule has 0 saturated heterocycles. The van der Waals surface area contributed by atoms with E-state index in [2.05, 4.69) is 12.2 Å². The number of rotatable bonds is 2. The van der Waals surface area contributed by atoms with Crippen LogP contribution in [0, 0.1) is 11.8 Å². The molecule has 1 aliphatic carbocycles. The van der Waals surface area contributed by atoms with Gasteiger partial charge in [0.25, 0.3) is 5.56 Å². The average molecular weight is 256 g/mol. The molecule has 1 aliphatic rings. The van der Waals surface area contributed by atoms with Crippen molar-refractivity contribution in [2.45, 2.75) is 13.3 Å². The summed E-state index contributed by atoms with van der Waals surface area (Å²) in [5, 5.41) is 4.37. The van der Waals surface area contributed by atoms with E-state index in [1.165, 1.54) is 4.57 Å². The van der Waals surface area contributed by atoms with Gasteiger partial charge in [-0.05, 0) is 30.5 Å². The first-order valence-electron chi connectivity index (χ1n) is 6.47. The van der Waals surface area contributed by atoms with Gasteiger partial charge in [-0.3, -0.25) is 9.59 Å². The molecule has 2 atom stereocenters. The van der Waals surface area contributed by atoms with Crippen LogP contribution in [0.15, 0.2) is 35.3 Å². The van der Waals surface area contributed by atoms with E-state index in [1.54, 1.807) is 25.4 Å². The molecule has 0 aliphatic heterocycles. The Bertz CT molecular complexity index is 718. The third-order valence-electron chi connectivity index (χ3n) is 3.83. The van der Waals surface area contributed by atoms with Gasteiger partial charge in [-0.25, -0.2) is 0 Å². The number of amides is 1. The molecule has 0 bridgehead atoms. The van der Waals surface area contributed by atoms with Crippen LogP contribution in [-0.2, 0) is 11.8 Å². The largest absolute Gasteiger partial charge is 0.325 e. The molecule has 4 nitrogen and oxygen atoms in total. The topological polar surface area (TPSA) is 51.1 Å². The lowest BCUT2D eigenvalue weighted by atomic mass is 10.1. The van der Waals surface area contributed by atoms with E-state index in [4.69, 9.17) is 0 Å². The Morgan fingerprint density at radius 3 is 2.74 bits per heavy atom. The van der Waals surface area contributed by atoms with E-state index in [0.29, 0.717) is 11.3 Å². The SMILES string of the molecule is C[C@H]1C[C@@H]1C(=O)Nc1cccc2c(=O)n(C)ccc12. The van der Waals surface area contributed by atoms with Crippen LogP contribution in [0.1, 0.15) is 13.3 Å². The number of carbonyl (C=O) groups is 1. The Kier molecular flexibility index (Phi) is 2.66. The standard InChI is InChI=1S/C15H16N2O2/c1-9-8-12(9)14(18)16-13-5-3-4-11-10(13)6-7-17(2)15(11)19/h3-7,9,12H,8H2,1-2H3,(H,16,18)/t9-,12-/m0/s1. The molecule has 1 N–H and O–H groups in total. The summed E-state index contributed by atoms with van der Waals surface area (Å²) in [7, 11) is 1.72. The molecule has 0 spiro atoms. The summed E-state index contributed by atoms with van der Waals surface area (Å²) in [6, 6.07) is 7.29. The predicted molar refractivity (Wildman–Crippen MR) is 75.1 cm³/mol. The highest BCUT2D eigenvalue weighted by atomic mass is 16.2. The minimum absolute atomic E-state index is 0.0478.